The lowest BCUT2D eigenvalue weighted by Gasteiger charge is -2.20. The van der Waals surface area contributed by atoms with E-state index in [1.807, 2.05) is 24.3 Å². The Hall–Kier alpha value is -2.00. The SMILES string of the molecule is CCCOc1ccccc1OC(CN)c1ccc(C)cc1. The quantitative estimate of drug-likeness (QED) is 0.840. The lowest BCUT2D eigenvalue weighted by atomic mass is 10.1. The maximum atomic E-state index is 6.07. The zero-order chi connectivity index (χ0) is 15.1. The molecule has 0 aliphatic rings. The minimum Gasteiger partial charge on any atom is -0.490 e. The Kier molecular flexibility index (Phi) is 5.64. The van der Waals surface area contributed by atoms with Crippen LogP contribution in [0.15, 0.2) is 48.5 Å². The molecule has 0 saturated carbocycles. The smallest absolute Gasteiger partial charge is 0.162 e. The van der Waals surface area contributed by atoms with E-state index in [1.165, 1.54) is 5.56 Å². The highest BCUT2D eigenvalue weighted by atomic mass is 16.5. The van der Waals surface area contributed by atoms with Crippen molar-refractivity contribution >= 4 is 0 Å². The molecule has 1 atom stereocenters. The van der Waals surface area contributed by atoms with Crippen molar-refractivity contribution in [1.29, 1.82) is 0 Å². The van der Waals surface area contributed by atoms with Crippen LogP contribution < -0.4 is 15.2 Å². The first kappa shape index (κ1) is 15.4. The molecule has 0 spiro atoms. The van der Waals surface area contributed by atoms with Gasteiger partial charge in [-0.15, -0.1) is 0 Å². The van der Waals surface area contributed by atoms with Gasteiger partial charge in [-0.1, -0.05) is 48.9 Å². The molecule has 0 aliphatic heterocycles. The molecule has 2 aromatic carbocycles. The van der Waals surface area contributed by atoms with Crippen LogP contribution in [-0.2, 0) is 0 Å². The third-order valence-electron chi connectivity index (χ3n) is 3.24. The minimum atomic E-state index is -0.169. The average Bonchev–Trinajstić information content (AvgIpc) is 2.52. The van der Waals surface area contributed by atoms with Crippen molar-refractivity contribution in [3.8, 4) is 11.5 Å². The monoisotopic (exact) mass is 285 g/mol. The Morgan fingerprint density at radius 1 is 1.00 bits per heavy atom. The molecule has 0 amide bonds. The van der Waals surface area contributed by atoms with Crippen molar-refractivity contribution < 1.29 is 9.47 Å². The lowest BCUT2D eigenvalue weighted by molar-refractivity contribution is 0.198. The predicted molar refractivity (Wildman–Crippen MR) is 85.8 cm³/mol. The summed E-state index contributed by atoms with van der Waals surface area (Å²) in [6.07, 6.45) is 0.795. The summed E-state index contributed by atoms with van der Waals surface area (Å²) in [5, 5.41) is 0. The maximum absolute atomic E-state index is 6.07. The number of hydrogen-bond donors (Lipinski definition) is 1. The molecule has 0 saturated heterocycles. The fourth-order valence-electron chi connectivity index (χ4n) is 2.07. The molecule has 2 rings (SSSR count). The van der Waals surface area contributed by atoms with E-state index in [0.29, 0.717) is 13.2 Å². The number of nitrogens with two attached hydrogens (primary N) is 1. The summed E-state index contributed by atoms with van der Waals surface area (Å²) >= 11 is 0. The van der Waals surface area contributed by atoms with Crippen molar-refractivity contribution in [2.24, 2.45) is 5.73 Å². The number of ether oxygens (including phenoxy) is 2. The van der Waals surface area contributed by atoms with Crippen LogP contribution in [0, 0.1) is 6.92 Å². The molecule has 0 radical (unpaired) electrons. The minimum absolute atomic E-state index is 0.169. The number of para-hydroxylation sites is 2. The summed E-state index contributed by atoms with van der Waals surface area (Å²) in [4.78, 5) is 0. The molecule has 112 valence electrons. The van der Waals surface area contributed by atoms with Crippen molar-refractivity contribution in [2.45, 2.75) is 26.4 Å². The van der Waals surface area contributed by atoms with Crippen LogP contribution in [0.3, 0.4) is 0 Å². The van der Waals surface area contributed by atoms with Gasteiger partial charge in [0.25, 0.3) is 0 Å². The van der Waals surface area contributed by atoms with E-state index in [-0.39, 0.29) is 6.10 Å². The van der Waals surface area contributed by atoms with Crippen molar-refractivity contribution in [3.05, 3.63) is 59.7 Å². The molecule has 3 heteroatoms. The Morgan fingerprint density at radius 3 is 2.29 bits per heavy atom. The zero-order valence-electron chi connectivity index (χ0n) is 12.7. The van der Waals surface area contributed by atoms with Crippen LogP contribution in [0.4, 0.5) is 0 Å². The van der Waals surface area contributed by atoms with Gasteiger partial charge >= 0.3 is 0 Å². The van der Waals surface area contributed by atoms with Gasteiger partial charge < -0.3 is 15.2 Å². The zero-order valence-corrected chi connectivity index (χ0v) is 12.7. The van der Waals surface area contributed by atoms with E-state index in [1.54, 1.807) is 0 Å². The summed E-state index contributed by atoms with van der Waals surface area (Å²) in [6, 6.07) is 16.0. The van der Waals surface area contributed by atoms with E-state index in [0.717, 1.165) is 23.5 Å². The molecule has 3 nitrogen and oxygen atoms in total. The molecular weight excluding hydrogens is 262 g/mol. The van der Waals surface area contributed by atoms with Gasteiger partial charge in [0.1, 0.15) is 6.10 Å². The first-order valence-corrected chi connectivity index (χ1v) is 7.39. The Labute approximate surface area is 126 Å². The van der Waals surface area contributed by atoms with E-state index < -0.39 is 0 Å². The molecular formula is C18H23NO2. The highest BCUT2D eigenvalue weighted by Gasteiger charge is 2.14. The van der Waals surface area contributed by atoms with Crippen LogP contribution in [0.2, 0.25) is 0 Å². The second-order valence-corrected chi connectivity index (χ2v) is 5.05. The molecule has 2 N–H and O–H groups in total. The number of benzene rings is 2. The van der Waals surface area contributed by atoms with Crippen LogP contribution in [-0.4, -0.2) is 13.2 Å². The largest absolute Gasteiger partial charge is 0.490 e. The van der Waals surface area contributed by atoms with E-state index >= 15 is 0 Å². The predicted octanol–water partition coefficient (Wildman–Crippen LogP) is 3.86. The lowest BCUT2D eigenvalue weighted by Crippen LogP contribution is -2.18. The number of aryl methyl sites for hydroxylation is 1. The topological polar surface area (TPSA) is 44.5 Å². The molecule has 1 unspecified atom stereocenters. The van der Waals surface area contributed by atoms with Crippen molar-refractivity contribution in [2.75, 3.05) is 13.2 Å². The van der Waals surface area contributed by atoms with E-state index in [4.69, 9.17) is 15.2 Å². The second kappa shape index (κ2) is 7.70. The highest BCUT2D eigenvalue weighted by Crippen LogP contribution is 2.31. The summed E-state index contributed by atoms with van der Waals surface area (Å²) in [6.45, 7) is 5.25. The molecule has 2 aromatic rings. The molecule has 0 heterocycles. The fraction of sp³-hybridized carbons (Fsp3) is 0.333. The van der Waals surface area contributed by atoms with Gasteiger partial charge in [-0.2, -0.15) is 0 Å². The van der Waals surface area contributed by atoms with Gasteiger partial charge in [0.2, 0.25) is 0 Å². The van der Waals surface area contributed by atoms with Crippen LogP contribution in [0.25, 0.3) is 0 Å². The molecule has 0 aromatic heterocycles. The maximum Gasteiger partial charge on any atom is 0.162 e. The van der Waals surface area contributed by atoms with Crippen molar-refractivity contribution in [3.63, 3.8) is 0 Å². The Bertz CT molecular complexity index is 551. The second-order valence-electron chi connectivity index (χ2n) is 5.05. The number of rotatable bonds is 7. The van der Waals surface area contributed by atoms with E-state index in [9.17, 15) is 0 Å². The van der Waals surface area contributed by atoms with Gasteiger partial charge in [0.05, 0.1) is 6.61 Å². The van der Waals surface area contributed by atoms with Crippen LogP contribution in [0.5, 0.6) is 11.5 Å². The number of hydrogen-bond acceptors (Lipinski definition) is 3. The third-order valence-corrected chi connectivity index (χ3v) is 3.24. The first-order valence-electron chi connectivity index (χ1n) is 7.39. The fourth-order valence-corrected chi connectivity index (χ4v) is 2.07. The van der Waals surface area contributed by atoms with Crippen LogP contribution >= 0.6 is 0 Å². The molecule has 0 aliphatic carbocycles. The molecule has 21 heavy (non-hydrogen) atoms. The van der Waals surface area contributed by atoms with Crippen LogP contribution in [0.1, 0.15) is 30.6 Å². The summed E-state index contributed by atoms with van der Waals surface area (Å²) in [5.41, 5.74) is 8.18. The Morgan fingerprint density at radius 2 is 1.67 bits per heavy atom. The standard InChI is InChI=1S/C18H23NO2/c1-3-12-20-16-6-4-5-7-17(16)21-18(13-19)15-10-8-14(2)9-11-15/h4-11,18H,3,12-13,19H2,1-2H3. The summed E-state index contributed by atoms with van der Waals surface area (Å²) in [5.74, 6) is 1.51. The summed E-state index contributed by atoms with van der Waals surface area (Å²) < 4.78 is 11.8. The van der Waals surface area contributed by atoms with E-state index in [2.05, 4.69) is 38.1 Å². The average molecular weight is 285 g/mol. The molecule has 0 bridgehead atoms. The normalized spacial score (nSPS) is 12.0. The van der Waals surface area contributed by atoms with Gasteiger partial charge in [0.15, 0.2) is 11.5 Å². The summed E-state index contributed by atoms with van der Waals surface area (Å²) in [7, 11) is 0. The Balaban J connectivity index is 2.16. The third kappa shape index (κ3) is 4.23. The van der Waals surface area contributed by atoms with Gasteiger partial charge in [-0.3, -0.25) is 0 Å². The van der Waals surface area contributed by atoms with Crippen molar-refractivity contribution in [1.82, 2.24) is 0 Å². The van der Waals surface area contributed by atoms with Gasteiger partial charge in [-0.05, 0) is 31.0 Å². The van der Waals surface area contributed by atoms with Gasteiger partial charge in [0, 0.05) is 6.54 Å². The molecule has 0 fully saturated rings. The first-order chi connectivity index (χ1) is 10.2. The van der Waals surface area contributed by atoms with Gasteiger partial charge in [-0.25, -0.2) is 0 Å². The highest BCUT2D eigenvalue weighted by molar-refractivity contribution is 5.40.